The molecule has 1 N–H and O–H groups in total. The van der Waals surface area contributed by atoms with Gasteiger partial charge in [-0.05, 0) is 59.9 Å². The molecule has 1 saturated heterocycles. The highest BCUT2D eigenvalue weighted by molar-refractivity contribution is 8.00. The summed E-state index contributed by atoms with van der Waals surface area (Å²) in [6.45, 7) is 8.05. The zero-order chi connectivity index (χ0) is 32.7. The van der Waals surface area contributed by atoms with Crippen molar-refractivity contribution >= 4 is 58.2 Å². The minimum atomic E-state index is -0.825. The molecule has 46 heavy (non-hydrogen) atoms. The number of thiazole rings is 1. The fraction of sp³-hybridized carbons (Fsp3) is 0.286. The van der Waals surface area contributed by atoms with Gasteiger partial charge in [0, 0.05) is 16.5 Å². The van der Waals surface area contributed by atoms with Crippen LogP contribution in [-0.2, 0) is 31.1 Å². The molecule has 6 rings (SSSR count). The van der Waals surface area contributed by atoms with Crippen molar-refractivity contribution in [2.45, 2.75) is 55.8 Å². The summed E-state index contributed by atoms with van der Waals surface area (Å²) in [4.78, 5) is 68.5. The van der Waals surface area contributed by atoms with Gasteiger partial charge in [0.25, 0.3) is 0 Å². The third-order valence-electron chi connectivity index (χ3n) is 8.18. The van der Waals surface area contributed by atoms with E-state index in [2.05, 4.69) is 26.1 Å². The van der Waals surface area contributed by atoms with Crippen LogP contribution >= 0.6 is 23.1 Å². The van der Waals surface area contributed by atoms with E-state index in [9.17, 15) is 24.0 Å². The number of para-hydroxylation sites is 1. The molecule has 1 aromatic heterocycles. The topological polar surface area (TPSA) is 115 Å². The first kappa shape index (κ1) is 31.5. The van der Waals surface area contributed by atoms with Gasteiger partial charge < -0.3 is 10.1 Å². The normalized spacial score (nSPS) is 19.0. The van der Waals surface area contributed by atoms with E-state index in [1.165, 1.54) is 21.6 Å². The van der Waals surface area contributed by atoms with E-state index >= 15 is 0 Å². The lowest BCUT2D eigenvalue weighted by molar-refractivity contribution is -0.122. The number of thioether (sulfide) groups is 1. The first-order valence-electron chi connectivity index (χ1n) is 15.0. The molecule has 3 atom stereocenters. The lowest BCUT2D eigenvalue weighted by Gasteiger charge is -2.31. The van der Waals surface area contributed by atoms with Gasteiger partial charge in [-0.15, -0.1) is 0 Å². The fourth-order valence-corrected chi connectivity index (χ4v) is 8.66. The molecule has 0 unspecified atom stereocenters. The van der Waals surface area contributed by atoms with Gasteiger partial charge in [-0.2, -0.15) is 0 Å². The van der Waals surface area contributed by atoms with Crippen molar-refractivity contribution in [3.63, 3.8) is 0 Å². The van der Waals surface area contributed by atoms with E-state index in [-0.39, 0.29) is 35.3 Å². The van der Waals surface area contributed by atoms with Gasteiger partial charge in [-0.1, -0.05) is 86.3 Å². The van der Waals surface area contributed by atoms with Crippen molar-refractivity contribution in [2.24, 2.45) is 5.92 Å². The number of nitrogens with one attached hydrogen (secondary N) is 1. The lowest BCUT2D eigenvalue weighted by atomic mass is 9.81. The monoisotopic (exact) mass is 655 g/mol. The molecule has 0 bridgehead atoms. The number of esters is 1. The second kappa shape index (κ2) is 12.4. The number of benzene rings is 3. The fourth-order valence-electron chi connectivity index (χ4n) is 5.89. The third kappa shape index (κ3) is 5.80. The quantitative estimate of drug-likeness (QED) is 0.197. The standard InChI is InChI=1S/C35H33N3O6S2/c1-5-44-33(42)21-13-17-24(18-14-21)38-30(40)27-26(20-11-15-22(16-12-20)35(2,3)4)29-32(45-28(27)31(38)41)37(34(43)46-29)19-25(39)36-23-9-7-6-8-10-23/h6-18,26-28H,5,19H2,1-4H3,(H,36,39)/t26-,27+,28-/m0/s1. The smallest absolute Gasteiger partial charge is 0.338 e. The molecule has 3 aromatic carbocycles. The molecule has 9 nitrogen and oxygen atoms in total. The van der Waals surface area contributed by atoms with Crippen LogP contribution in [0.15, 0.2) is 88.7 Å². The molecular formula is C35H33N3O6S2. The molecule has 236 valence electrons. The maximum atomic E-state index is 14.2. The predicted octanol–water partition coefficient (Wildman–Crippen LogP) is 5.82. The summed E-state index contributed by atoms with van der Waals surface area (Å²) >= 11 is 2.17. The highest BCUT2D eigenvalue weighted by Crippen LogP contribution is 2.54. The van der Waals surface area contributed by atoms with E-state index in [1.54, 1.807) is 43.3 Å². The summed E-state index contributed by atoms with van der Waals surface area (Å²) in [7, 11) is 0. The molecule has 0 radical (unpaired) electrons. The van der Waals surface area contributed by atoms with Gasteiger partial charge in [0.1, 0.15) is 11.8 Å². The number of amides is 3. The lowest BCUT2D eigenvalue weighted by Crippen LogP contribution is -2.33. The zero-order valence-corrected chi connectivity index (χ0v) is 27.4. The minimum absolute atomic E-state index is 0.0967. The molecule has 3 amide bonds. The highest BCUT2D eigenvalue weighted by atomic mass is 32.2. The molecule has 3 heterocycles. The Morgan fingerprint density at radius 2 is 1.57 bits per heavy atom. The van der Waals surface area contributed by atoms with E-state index in [0.717, 1.165) is 34.2 Å². The number of imide groups is 1. The van der Waals surface area contributed by atoms with Gasteiger partial charge in [-0.25, -0.2) is 9.69 Å². The van der Waals surface area contributed by atoms with E-state index in [4.69, 9.17) is 4.74 Å². The molecule has 2 aliphatic rings. The summed E-state index contributed by atoms with van der Waals surface area (Å²) in [5.41, 5.74) is 3.10. The summed E-state index contributed by atoms with van der Waals surface area (Å²) in [6, 6.07) is 23.1. The second-order valence-electron chi connectivity index (χ2n) is 12.2. The first-order valence-corrected chi connectivity index (χ1v) is 16.7. The van der Waals surface area contributed by atoms with Crippen LogP contribution in [0, 0.1) is 5.92 Å². The minimum Gasteiger partial charge on any atom is -0.462 e. The van der Waals surface area contributed by atoms with Crippen LogP contribution in [0.3, 0.4) is 0 Å². The van der Waals surface area contributed by atoms with Crippen LogP contribution < -0.4 is 15.1 Å². The van der Waals surface area contributed by atoms with Crippen molar-refractivity contribution in [1.82, 2.24) is 4.57 Å². The Balaban J connectivity index is 1.39. The Bertz CT molecular complexity index is 1870. The summed E-state index contributed by atoms with van der Waals surface area (Å²) < 4.78 is 6.48. The molecule has 4 aromatic rings. The molecule has 0 aliphatic carbocycles. The number of anilines is 2. The van der Waals surface area contributed by atoms with E-state index in [0.29, 0.717) is 26.8 Å². The van der Waals surface area contributed by atoms with Crippen molar-refractivity contribution in [1.29, 1.82) is 0 Å². The van der Waals surface area contributed by atoms with Crippen LogP contribution in [0.25, 0.3) is 0 Å². The number of rotatable bonds is 7. The summed E-state index contributed by atoms with van der Waals surface area (Å²) in [5.74, 6) is -3.01. The average molecular weight is 656 g/mol. The van der Waals surface area contributed by atoms with Gasteiger partial charge in [-0.3, -0.25) is 23.7 Å². The second-order valence-corrected chi connectivity index (χ2v) is 14.4. The van der Waals surface area contributed by atoms with Gasteiger partial charge in [0.2, 0.25) is 17.7 Å². The summed E-state index contributed by atoms with van der Waals surface area (Å²) in [6.07, 6.45) is 0. The first-order chi connectivity index (χ1) is 22.0. The SMILES string of the molecule is CCOC(=O)c1ccc(N2C(=O)[C@@H]3[C@H](c4ccc(C(C)(C)C)cc4)c4sc(=O)n(CC(=O)Nc5ccccc5)c4S[C@@H]3C2=O)cc1. The Labute approximate surface area is 274 Å². The number of nitrogens with zero attached hydrogens (tertiary/aromatic N) is 2. The number of hydrogen-bond acceptors (Lipinski definition) is 8. The van der Waals surface area contributed by atoms with Crippen LogP contribution in [0.4, 0.5) is 11.4 Å². The molecule has 11 heteroatoms. The largest absolute Gasteiger partial charge is 0.462 e. The number of fused-ring (bicyclic) bond motifs is 2. The Kier molecular flexibility index (Phi) is 8.47. The van der Waals surface area contributed by atoms with Gasteiger partial charge >= 0.3 is 10.8 Å². The number of carbonyl (C=O) groups is 4. The van der Waals surface area contributed by atoms with Crippen molar-refractivity contribution < 1.29 is 23.9 Å². The van der Waals surface area contributed by atoms with Crippen LogP contribution in [0.1, 0.15) is 60.0 Å². The number of aromatic nitrogens is 1. The highest BCUT2D eigenvalue weighted by Gasteiger charge is 2.56. The van der Waals surface area contributed by atoms with Crippen LogP contribution in [-0.4, -0.2) is 40.1 Å². The molecule has 0 saturated carbocycles. The van der Waals surface area contributed by atoms with Crippen molar-refractivity contribution in [3.05, 3.63) is 110 Å². The number of hydrogen-bond donors (Lipinski definition) is 1. The number of ether oxygens (including phenoxy) is 1. The van der Waals surface area contributed by atoms with Crippen LogP contribution in [0.5, 0.6) is 0 Å². The maximum Gasteiger partial charge on any atom is 0.338 e. The number of carbonyl (C=O) groups excluding carboxylic acids is 4. The average Bonchev–Trinajstić information content (AvgIpc) is 3.47. The molecule has 0 spiro atoms. The predicted molar refractivity (Wildman–Crippen MR) is 179 cm³/mol. The van der Waals surface area contributed by atoms with E-state index in [1.807, 2.05) is 30.3 Å². The molecular weight excluding hydrogens is 623 g/mol. The van der Waals surface area contributed by atoms with E-state index < -0.39 is 29.0 Å². The third-order valence-corrected chi connectivity index (χ3v) is 10.8. The molecule has 1 fully saturated rings. The van der Waals surface area contributed by atoms with Crippen molar-refractivity contribution in [2.75, 3.05) is 16.8 Å². The zero-order valence-electron chi connectivity index (χ0n) is 25.8. The molecule has 2 aliphatic heterocycles. The van der Waals surface area contributed by atoms with Gasteiger partial charge in [0.15, 0.2) is 0 Å². The summed E-state index contributed by atoms with van der Waals surface area (Å²) in [5, 5.41) is 2.52. The van der Waals surface area contributed by atoms with Crippen molar-refractivity contribution in [3.8, 4) is 0 Å². The van der Waals surface area contributed by atoms with Gasteiger partial charge in [0.05, 0.1) is 28.8 Å². The van der Waals surface area contributed by atoms with Crippen LogP contribution in [0.2, 0.25) is 0 Å². The maximum absolute atomic E-state index is 14.2. The Morgan fingerprint density at radius 3 is 2.20 bits per heavy atom. The Morgan fingerprint density at radius 1 is 0.891 bits per heavy atom. The Hall–Kier alpha value is -4.48.